The first-order chi connectivity index (χ1) is 16.3. The highest BCUT2D eigenvalue weighted by molar-refractivity contribution is 7.61. The molecule has 0 spiro atoms. The Morgan fingerprint density at radius 1 is 0.588 bits per heavy atom. The van der Waals surface area contributed by atoms with Crippen molar-refractivity contribution < 1.29 is 36.8 Å². The van der Waals surface area contributed by atoms with Crippen molar-refractivity contribution >= 4 is 26.8 Å². The highest BCUT2D eigenvalue weighted by Gasteiger charge is 2.57. The molecule has 0 fully saturated rings. The Morgan fingerprint density at radius 2 is 0.853 bits per heavy atom. The molecule has 186 valence electrons. The third-order valence-corrected chi connectivity index (χ3v) is 10.0. The van der Waals surface area contributed by atoms with Gasteiger partial charge in [0.15, 0.2) is 11.6 Å². The van der Waals surface area contributed by atoms with Gasteiger partial charge < -0.3 is 18.1 Å². The molecule has 34 heavy (non-hydrogen) atoms. The fraction of sp³-hybridized carbons (Fsp3) is 0.417. The van der Waals surface area contributed by atoms with E-state index in [1.165, 1.54) is 24.3 Å². The fourth-order valence-electron chi connectivity index (χ4n) is 3.58. The van der Waals surface area contributed by atoms with Gasteiger partial charge in [0, 0.05) is 11.1 Å². The summed E-state index contributed by atoms with van der Waals surface area (Å²) in [5.41, 5.74) is -3.19. The smallest absolute Gasteiger partial charge is 0.308 e. The summed E-state index contributed by atoms with van der Waals surface area (Å²) in [5, 5.41) is 0. The second-order valence-electron chi connectivity index (χ2n) is 7.10. The van der Waals surface area contributed by atoms with Gasteiger partial charge in [-0.3, -0.25) is 18.7 Å². The number of carbonyl (C=O) groups is 2. The van der Waals surface area contributed by atoms with Crippen molar-refractivity contribution in [3.05, 3.63) is 71.8 Å². The minimum Gasteiger partial charge on any atom is -0.308 e. The molecule has 0 unspecified atom stereocenters. The van der Waals surface area contributed by atoms with E-state index in [1.54, 1.807) is 64.1 Å². The van der Waals surface area contributed by atoms with Crippen LogP contribution in [0.3, 0.4) is 0 Å². The van der Waals surface area contributed by atoms with E-state index in [-0.39, 0.29) is 37.6 Å². The second kappa shape index (κ2) is 13.2. The van der Waals surface area contributed by atoms with Crippen LogP contribution in [0.4, 0.5) is 0 Å². The van der Waals surface area contributed by atoms with Gasteiger partial charge >= 0.3 is 15.2 Å². The summed E-state index contributed by atoms with van der Waals surface area (Å²) < 4.78 is 50.3. The van der Waals surface area contributed by atoms with Crippen LogP contribution in [0, 0.1) is 0 Å². The van der Waals surface area contributed by atoms with E-state index in [0.717, 1.165) is 0 Å². The number of hydrogen-bond acceptors (Lipinski definition) is 8. The fourth-order valence-corrected chi connectivity index (χ4v) is 8.63. The van der Waals surface area contributed by atoms with Crippen molar-refractivity contribution in [3.8, 4) is 0 Å². The summed E-state index contributed by atoms with van der Waals surface area (Å²) in [6.07, 6.45) is 0. The molecule has 0 aliphatic rings. The molecule has 0 aliphatic carbocycles. The molecule has 2 atom stereocenters. The van der Waals surface area contributed by atoms with Crippen LogP contribution in [0.5, 0.6) is 0 Å². The van der Waals surface area contributed by atoms with Crippen LogP contribution in [-0.2, 0) is 27.2 Å². The summed E-state index contributed by atoms with van der Waals surface area (Å²) in [6, 6.07) is 16.1. The lowest BCUT2D eigenvalue weighted by atomic mass is 10.0. The Balaban J connectivity index is 2.85. The number of ketones is 2. The van der Waals surface area contributed by atoms with Gasteiger partial charge in [-0.05, 0) is 27.7 Å². The molecular weight excluding hydrogens is 478 g/mol. The first kappa shape index (κ1) is 28.3. The Bertz CT molecular complexity index is 922. The topological polar surface area (TPSA) is 105 Å². The molecule has 0 saturated heterocycles. The Morgan fingerprint density at radius 3 is 1.09 bits per heavy atom. The van der Waals surface area contributed by atoms with Crippen LogP contribution < -0.4 is 0 Å². The zero-order valence-corrected chi connectivity index (χ0v) is 21.7. The molecular formula is C24H32O8P2. The SMILES string of the molecule is CCOP(=O)(OCC)[C@H](C(=O)c1ccccc1)[C@H](C(=O)c1ccccc1)P(=O)(OCC)OCC. The number of benzene rings is 2. The molecule has 2 aromatic carbocycles. The Kier molecular flexibility index (Phi) is 11.0. The third kappa shape index (κ3) is 6.60. The van der Waals surface area contributed by atoms with E-state index in [2.05, 4.69) is 0 Å². The largest absolute Gasteiger partial charge is 0.342 e. The molecule has 0 bridgehead atoms. The summed E-state index contributed by atoms with van der Waals surface area (Å²) >= 11 is 0. The maximum absolute atomic E-state index is 14.1. The summed E-state index contributed by atoms with van der Waals surface area (Å²) in [6.45, 7) is 6.13. The maximum Gasteiger partial charge on any atom is 0.342 e. The van der Waals surface area contributed by atoms with Crippen LogP contribution in [0.25, 0.3) is 0 Å². The van der Waals surface area contributed by atoms with Crippen molar-refractivity contribution in [2.45, 2.75) is 39.0 Å². The van der Waals surface area contributed by atoms with Gasteiger partial charge in [-0.1, -0.05) is 60.7 Å². The van der Waals surface area contributed by atoms with E-state index in [9.17, 15) is 18.7 Å². The van der Waals surface area contributed by atoms with Crippen molar-refractivity contribution in [2.75, 3.05) is 26.4 Å². The van der Waals surface area contributed by atoms with Crippen LogP contribution in [0.1, 0.15) is 48.4 Å². The van der Waals surface area contributed by atoms with Gasteiger partial charge in [-0.2, -0.15) is 0 Å². The summed E-state index contributed by atoms with van der Waals surface area (Å²) in [7, 11) is -8.66. The lowest BCUT2D eigenvalue weighted by Crippen LogP contribution is -2.42. The highest BCUT2D eigenvalue weighted by Crippen LogP contribution is 2.65. The summed E-state index contributed by atoms with van der Waals surface area (Å²) in [4.78, 5) is 27.7. The lowest BCUT2D eigenvalue weighted by molar-refractivity contribution is 0.0882. The molecule has 0 N–H and O–H groups in total. The zero-order chi connectivity index (χ0) is 25.2. The standard InChI is InChI=1S/C24H32O8P2/c1-5-29-33(27,30-6-2)23(21(25)19-15-11-9-12-16-19)24(34(28,31-7-3)32-8-4)22(26)20-17-13-10-14-18-20/h9-18,23-24H,5-8H2,1-4H3/t23-,24+. The predicted molar refractivity (Wildman–Crippen MR) is 131 cm³/mol. The van der Waals surface area contributed by atoms with E-state index in [0.29, 0.717) is 0 Å². The van der Waals surface area contributed by atoms with Gasteiger partial charge in [0.05, 0.1) is 26.4 Å². The van der Waals surface area contributed by atoms with Gasteiger partial charge in [-0.25, -0.2) is 0 Å². The average molecular weight is 510 g/mol. The molecule has 0 saturated carbocycles. The normalized spacial score (nSPS) is 13.9. The molecule has 0 radical (unpaired) electrons. The zero-order valence-electron chi connectivity index (χ0n) is 19.9. The number of carbonyl (C=O) groups excluding carboxylic acids is 2. The molecule has 2 rings (SSSR count). The van der Waals surface area contributed by atoms with Gasteiger partial charge in [-0.15, -0.1) is 0 Å². The van der Waals surface area contributed by atoms with Gasteiger partial charge in [0.2, 0.25) is 0 Å². The predicted octanol–water partition coefficient (Wildman–Crippen LogP) is 6.02. The molecule has 10 heteroatoms. The van der Waals surface area contributed by atoms with Crippen molar-refractivity contribution in [3.63, 3.8) is 0 Å². The first-order valence-corrected chi connectivity index (χ1v) is 14.5. The van der Waals surface area contributed by atoms with Crippen molar-refractivity contribution in [1.82, 2.24) is 0 Å². The Labute approximate surface area is 201 Å². The van der Waals surface area contributed by atoms with Crippen molar-refractivity contribution in [2.24, 2.45) is 0 Å². The highest BCUT2D eigenvalue weighted by atomic mass is 31.2. The van der Waals surface area contributed by atoms with Gasteiger partial charge in [0.25, 0.3) is 0 Å². The van der Waals surface area contributed by atoms with Crippen LogP contribution in [-0.4, -0.2) is 49.3 Å². The second-order valence-corrected chi connectivity index (χ2v) is 11.4. The van der Waals surface area contributed by atoms with E-state index in [1.807, 2.05) is 0 Å². The quantitative estimate of drug-likeness (QED) is 0.212. The molecule has 0 amide bonds. The molecule has 0 aliphatic heterocycles. The van der Waals surface area contributed by atoms with Gasteiger partial charge in [0.1, 0.15) is 11.3 Å². The molecule has 0 heterocycles. The number of Topliss-reactive ketones (excluding diaryl/α,β-unsaturated/α-hetero) is 2. The Hall–Kier alpha value is -1.92. The van der Waals surface area contributed by atoms with E-state index >= 15 is 0 Å². The molecule has 0 aromatic heterocycles. The van der Waals surface area contributed by atoms with Crippen molar-refractivity contribution in [1.29, 1.82) is 0 Å². The number of hydrogen-bond donors (Lipinski definition) is 0. The third-order valence-electron chi connectivity index (χ3n) is 4.87. The monoisotopic (exact) mass is 510 g/mol. The molecule has 8 nitrogen and oxygen atoms in total. The first-order valence-electron chi connectivity index (χ1n) is 11.2. The van der Waals surface area contributed by atoms with E-state index in [4.69, 9.17) is 18.1 Å². The number of rotatable bonds is 15. The van der Waals surface area contributed by atoms with Crippen LogP contribution >= 0.6 is 15.2 Å². The minimum atomic E-state index is -4.33. The lowest BCUT2D eigenvalue weighted by Gasteiger charge is -2.34. The van der Waals surface area contributed by atoms with E-state index < -0.39 is 38.1 Å². The molecule has 2 aromatic rings. The summed E-state index contributed by atoms with van der Waals surface area (Å²) in [5.74, 6) is -1.42. The minimum absolute atomic E-state index is 0.0599. The van der Waals surface area contributed by atoms with Crippen LogP contribution in [0.15, 0.2) is 60.7 Å². The van der Waals surface area contributed by atoms with Crippen LogP contribution in [0.2, 0.25) is 0 Å². The average Bonchev–Trinajstić information content (AvgIpc) is 2.83. The maximum atomic E-state index is 14.1.